The molecular formula is C31H66N8OS. The lowest BCUT2D eigenvalue weighted by Crippen LogP contribution is -2.37. The van der Waals surface area contributed by atoms with E-state index in [1.54, 1.807) is 13.3 Å². The van der Waals surface area contributed by atoms with Crippen LogP contribution in [0.4, 0.5) is 5.82 Å². The molecule has 242 valence electrons. The number of rotatable bonds is 12. The largest absolute Gasteiger partial charge is 0.386 e. The first-order chi connectivity index (χ1) is 19.6. The van der Waals surface area contributed by atoms with Crippen molar-refractivity contribution in [3.63, 3.8) is 0 Å². The van der Waals surface area contributed by atoms with Crippen molar-refractivity contribution in [3.8, 4) is 0 Å². The van der Waals surface area contributed by atoms with Crippen LogP contribution in [0.5, 0.6) is 0 Å². The van der Waals surface area contributed by atoms with Gasteiger partial charge in [0, 0.05) is 56.2 Å². The first-order valence-corrected chi connectivity index (χ1v) is 16.7. The lowest BCUT2D eigenvalue weighted by Gasteiger charge is -2.21. The van der Waals surface area contributed by atoms with Crippen molar-refractivity contribution in [1.29, 1.82) is 0 Å². The van der Waals surface area contributed by atoms with E-state index in [1.165, 1.54) is 17.9 Å². The molecule has 41 heavy (non-hydrogen) atoms. The van der Waals surface area contributed by atoms with Gasteiger partial charge in [0.1, 0.15) is 12.1 Å². The Balaban J connectivity index is -0.000000540. The Labute approximate surface area is 258 Å². The number of hydrogen-bond donors (Lipinski definition) is 4. The van der Waals surface area contributed by atoms with E-state index in [4.69, 9.17) is 5.73 Å². The van der Waals surface area contributed by atoms with Gasteiger partial charge < -0.3 is 26.6 Å². The van der Waals surface area contributed by atoms with Crippen LogP contribution in [0.3, 0.4) is 0 Å². The number of likely N-dealkylation sites (tertiary alicyclic amines) is 1. The third kappa shape index (κ3) is 26.6. The van der Waals surface area contributed by atoms with Gasteiger partial charge in [-0.3, -0.25) is 9.69 Å². The summed E-state index contributed by atoms with van der Waals surface area (Å²) in [6.45, 7) is 27.1. The fraction of sp³-hybridized carbons (Fsp3) is 0.774. The van der Waals surface area contributed by atoms with E-state index in [-0.39, 0.29) is 5.91 Å². The minimum atomic E-state index is 0.145. The fourth-order valence-electron chi connectivity index (χ4n) is 3.04. The number of nitrogens with zero attached hydrogens (tertiary/aromatic N) is 4. The Kier molecular flexibility index (Phi) is 32.7. The first kappa shape index (κ1) is 43.4. The number of nitrogens with one attached hydrogen (secondary N) is 3. The number of thioether (sulfide) groups is 1. The molecule has 0 bridgehead atoms. The van der Waals surface area contributed by atoms with Crippen molar-refractivity contribution in [3.05, 3.63) is 30.0 Å². The number of aryl methyl sites for hydroxylation is 1. The highest BCUT2D eigenvalue weighted by Gasteiger charge is 2.24. The maximum absolute atomic E-state index is 11.2. The second-order valence-corrected chi connectivity index (χ2v) is 10.9. The van der Waals surface area contributed by atoms with Gasteiger partial charge in [-0.1, -0.05) is 68.7 Å². The van der Waals surface area contributed by atoms with Gasteiger partial charge in [0.15, 0.2) is 0 Å². The van der Waals surface area contributed by atoms with Gasteiger partial charge in [-0.15, -0.1) is 0 Å². The molecule has 0 saturated carbocycles. The van der Waals surface area contributed by atoms with Gasteiger partial charge >= 0.3 is 0 Å². The van der Waals surface area contributed by atoms with Gasteiger partial charge in [0.2, 0.25) is 5.91 Å². The van der Waals surface area contributed by atoms with Crippen molar-refractivity contribution in [2.24, 2.45) is 5.73 Å². The average Bonchev–Trinajstić information content (AvgIpc) is 3.45. The lowest BCUT2D eigenvalue weighted by molar-refractivity contribution is -0.127. The summed E-state index contributed by atoms with van der Waals surface area (Å²) in [5, 5.41) is 9.55. The molecule has 5 N–H and O–H groups in total. The summed E-state index contributed by atoms with van der Waals surface area (Å²) in [5.41, 5.74) is 6.68. The molecule has 0 spiro atoms. The third-order valence-corrected chi connectivity index (χ3v) is 6.55. The number of carbonyl (C=O) groups is 1. The Morgan fingerprint density at radius 2 is 1.83 bits per heavy atom. The number of anilines is 1. The van der Waals surface area contributed by atoms with Crippen LogP contribution in [-0.2, 0) is 11.2 Å². The standard InChI is InChI=1S/C12H18N4O.C10H23N3S.C4H11N.C3H8.C2H6/c1-3-10-6-12(14-8-13-10)15-11-4-5-16(7-11)9(2)17;1-4-10(11)12-9-13(5-2)7-8-14-6-3;1-4(2)5-3;1-3-2;1-2/h6,8,11H,3-5,7H2,1-2H3,(H,13,14,15);4,12H,5-9,11H2,1-3H3;4-5H,1-3H3;3H2,1-2H3;1-2H3/b;10-4+;;;. The number of allylic oxidation sites excluding steroid dienone is 1. The Morgan fingerprint density at radius 3 is 2.27 bits per heavy atom. The molecule has 0 aliphatic carbocycles. The fourth-order valence-corrected chi connectivity index (χ4v) is 3.71. The molecule has 1 aromatic heterocycles. The van der Waals surface area contributed by atoms with Crippen molar-refractivity contribution in [2.45, 2.75) is 108 Å². The average molecular weight is 599 g/mol. The Hall–Kier alpha value is -2.04. The van der Waals surface area contributed by atoms with Crippen LogP contribution in [0.2, 0.25) is 0 Å². The quantitative estimate of drug-likeness (QED) is 0.182. The first-order valence-electron chi connectivity index (χ1n) is 15.6. The maximum Gasteiger partial charge on any atom is 0.219 e. The van der Waals surface area contributed by atoms with Crippen molar-refractivity contribution in [2.75, 3.05) is 56.7 Å². The van der Waals surface area contributed by atoms with E-state index in [1.807, 2.05) is 56.6 Å². The topological polar surface area (TPSA) is 111 Å². The molecule has 1 aliphatic rings. The monoisotopic (exact) mass is 599 g/mol. The van der Waals surface area contributed by atoms with Crippen LogP contribution < -0.4 is 21.7 Å². The van der Waals surface area contributed by atoms with Crippen LogP contribution in [0, 0.1) is 0 Å². The van der Waals surface area contributed by atoms with E-state index in [0.29, 0.717) is 12.1 Å². The molecule has 1 aromatic rings. The van der Waals surface area contributed by atoms with E-state index in [0.717, 1.165) is 63.0 Å². The van der Waals surface area contributed by atoms with Gasteiger partial charge in [-0.05, 0) is 45.2 Å². The van der Waals surface area contributed by atoms with Crippen LogP contribution >= 0.6 is 11.8 Å². The number of aromatic nitrogens is 2. The second kappa shape index (κ2) is 30.9. The van der Waals surface area contributed by atoms with E-state index in [2.05, 4.69) is 79.3 Å². The predicted molar refractivity (Wildman–Crippen MR) is 183 cm³/mol. The summed E-state index contributed by atoms with van der Waals surface area (Å²) >= 11 is 1.98. The van der Waals surface area contributed by atoms with Crippen molar-refractivity contribution >= 4 is 23.5 Å². The van der Waals surface area contributed by atoms with Crippen LogP contribution in [0.1, 0.15) is 94.7 Å². The molecular weight excluding hydrogens is 532 g/mol. The molecule has 1 saturated heterocycles. The molecule has 0 radical (unpaired) electrons. The third-order valence-electron chi connectivity index (χ3n) is 5.67. The van der Waals surface area contributed by atoms with Gasteiger partial charge in [0.05, 0.1) is 12.5 Å². The van der Waals surface area contributed by atoms with Crippen LogP contribution in [0.25, 0.3) is 0 Å². The molecule has 10 heteroatoms. The Morgan fingerprint density at radius 1 is 1.22 bits per heavy atom. The summed E-state index contributed by atoms with van der Waals surface area (Å²) in [6.07, 6.45) is 6.60. The molecule has 1 fully saturated rings. The van der Waals surface area contributed by atoms with Crippen molar-refractivity contribution < 1.29 is 4.79 Å². The van der Waals surface area contributed by atoms with E-state index in [9.17, 15) is 4.79 Å². The van der Waals surface area contributed by atoms with Crippen LogP contribution in [0.15, 0.2) is 24.3 Å². The minimum Gasteiger partial charge on any atom is -0.386 e. The summed E-state index contributed by atoms with van der Waals surface area (Å²) in [5.74, 6) is 4.15. The number of amides is 1. The smallest absolute Gasteiger partial charge is 0.219 e. The molecule has 1 amide bonds. The van der Waals surface area contributed by atoms with Gasteiger partial charge in [0.25, 0.3) is 0 Å². The molecule has 1 unspecified atom stereocenters. The maximum atomic E-state index is 11.2. The number of carbonyl (C=O) groups excluding carboxylic acids is 1. The molecule has 2 heterocycles. The normalized spacial score (nSPS) is 14.0. The highest BCUT2D eigenvalue weighted by molar-refractivity contribution is 7.99. The Bertz CT molecular complexity index is 749. The van der Waals surface area contributed by atoms with Crippen LogP contribution in [-0.4, -0.2) is 89.2 Å². The lowest BCUT2D eigenvalue weighted by atomic mass is 10.2. The minimum absolute atomic E-state index is 0.145. The highest BCUT2D eigenvalue weighted by atomic mass is 32.2. The molecule has 0 aromatic carbocycles. The molecule has 2 rings (SSSR count). The SMILES string of the molecule is C/C=C(\N)NCN(CC)CCSCC.CC.CCC.CCc1cc(NC2CCN(C(C)=O)C2)ncn1.CNC(C)C. The zero-order chi connectivity index (χ0) is 32.1. The summed E-state index contributed by atoms with van der Waals surface area (Å²) in [6, 6.07) is 2.91. The van der Waals surface area contributed by atoms with E-state index >= 15 is 0 Å². The highest BCUT2D eigenvalue weighted by Crippen LogP contribution is 2.14. The molecule has 1 aliphatic heterocycles. The summed E-state index contributed by atoms with van der Waals surface area (Å²) in [4.78, 5) is 23.8. The van der Waals surface area contributed by atoms with Gasteiger partial charge in [-0.2, -0.15) is 11.8 Å². The number of hydrogen-bond acceptors (Lipinski definition) is 9. The molecule has 9 nitrogen and oxygen atoms in total. The van der Waals surface area contributed by atoms with Gasteiger partial charge in [-0.25, -0.2) is 9.97 Å². The van der Waals surface area contributed by atoms with E-state index < -0.39 is 0 Å². The predicted octanol–water partition coefficient (Wildman–Crippen LogP) is 5.56. The second-order valence-electron chi connectivity index (χ2n) is 9.48. The zero-order valence-electron chi connectivity index (χ0n) is 28.6. The summed E-state index contributed by atoms with van der Waals surface area (Å²) in [7, 11) is 1.95. The zero-order valence-corrected chi connectivity index (χ0v) is 29.5. The number of nitrogens with two attached hydrogens (primary N) is 1. The molecule has 1 atom stereocenters. The van der Waals surface area contributed by atoms with Crippen molar-refractivity contribution in [1.82, 2.24) is 30.4 Å². The summed E-state index contributed by atoms with van der Waals surface area (Å²) < 4.78 is 0.